The fourth-order valence-corrected chi connectivity index (χ4v) is 4.00. The molecule has 1 fully saturated rings. The first kappa shape index (κ1) is 13.0. The highest BCUT2D eigenvalue weighted by molar-refractivity contribution is 7.92. The molecule has 1 aliphatic rings. The van der Waals surface area contributed by atoms with Crippen LogP contribution in [-0.2, 0) is 9.84 Å². The molecule has 15 heavy (non-hydrogen) atoms. The van der Waals surface area contributed by atoms with Gasteiger partial charge in [0.2, 0.25) is 0 Å². The molecular formula is C11H23NO2S. The van der Waals surface area contributed by atoms with Gasteiger partial charge in [0.1, 0.15) is 0 Å². The van der Waals surface area contributed by atoms with E-state index in [2.05, 4.69) is 26.1 Å². The zero-order chi connectivity index (χ0) is 11.5. The molecule has 3 nitrogen and oxygen atoms in total. The molecule has 1 rings (SSSR count). The number of rotatable bonds is 5. The molecule has 0 radical (unpaired) electrons. The van der Waals surface area contributed by atoms with Crippen LogP contribution >= 0.6 is 0 Å². The molecule has 2 atom stereocenters. The van der Waals surface area contributed by atoms with Crippen molar-refractivity contribution >= 4 is 9.84 Å². The highest BCUT2D eigenvalue weighted by atomic mass is 32.2. The Morgan fingerprint density at radius 1 is 1.40 bits per heavy atom. The van der Waals surface area contributed by atoms with E-state index in [0.717, 1.165) is 19.3 Å². The second kappa shape index (κ2) is 5.30. The van der Waals surface area contributed by atoms with Crippen LogP contribution in [0, 0.1) is 5.92 Å². The lowest BCUT2D eigenvalue weighted by atomic mass is 10.0. The maximum atomic E-state index is 11.6. The predicted octanol–water partition coefficient (Wildman–Crippen LogP) is 1.59. The van der Waals surface area contributed by atoms with Crippen molar-refractivity contribution < 1.29 is 8.42 Å². The average molecular weight is 233 g/mol. The minimum absolute atomic E-state index is 0.134. The molecule has 0 bridgehead atoms. The van der Waals surface area contributed by atoms with E-state index in [1.807, 2.05) is 0 Å². The fraction of sp³-hybridized carbons (Fsp3) is 1.00. The number of nitrogens with one attached hydrogen (secondary N) is 1. The standard InChI is InChI=1S/C11H23NO2S/c1-4-11(9(2)3)12-8-10-6-5-7-15(10,13)14/h9-12H,4-8H2,1-3H3. The lowest BCUT2D eigenvalue weighted by Gasteiger charge is -2.22. The van der Waals surface area contributed by atoms with Gasteiger partial charge in [-0.2, -0.15) is 0 Å². The molecule has 1 aliphatic heterocycles. The average Bonchev–Trinajstić information content (AvgIpc) is 2.46. The third-order valence-electron chi connectivity index (χ3n) is 3.32. The third kappa shape index (κ3) is 3.45. The molecular weight excluding hydrogens is 210 g/mol. The Bertz CT molecular complexity index is 285. The summed E-state index contributed by atoms with van der Waals surface area (Å²) in [4.78, 5) is 0. The first-order chi connectivity index (χ1) is 6.97. The highest BCUT2D eigenvalue weighted by Crippen LogP contribution is 2.19. The summed E-state index contributed by atoms with van der Waals surface area (Å²) in [7, 11) is -2.78. The second-order valence-electron chi connectivity index (χ2n) is 4.80. The monoisotopic (exact) mass is 233 g/mol. The summed E-state index contributed by atoms with van der Waals surface area (Å²) in [6.07, 6.45) is 2.74. The summed E-state index contributed by atoms with van der Waals surface area (Å²) in [6, 6.07) is 0.445. The molecule has 0 aromatic rings. The number of hydrogen-bond acceptors (Lipinski definition) is 3. The van der Waals surface area contributed by atoms with E-state index < -0.39 is 9.84 Å². The molecule has 0 aliphatic carbocycles. The van der Waals surface area contributed by atoms with Crippen molar-refractivity contribution in [1.29, 1.82) is 0 Å². The van der Waals surface area contributed by atoms with E-state index in [-0.39, 0.29) is 5.25 Å². The molecule has 0 aromatic carbocycles. The van der Waals surface area contributed by atoms with Crippen LogP contribution < -0.4 is 5.32 Å². The van der Waals surface area contributed by atoms with Gasteiger partial charge in [0.15, 0.2) is 9.84 Å². The van der Waals surface area contributed by atoms with Crippen molar-refractivity contribution in [2.45, 2.75) is 51.3 Å². The SMILES string of the molecule is CCC(NCC1CCCS1(=O)=O)C(C)C. The smallest absolute Gasteiger partial charge is 0.154 e. The van der Waals surface area contributed by atoms with Gasteiger partial charge < -0.3 is 5.32 Å². The van der Waals surface area contributed by atoms with Gasteiger partial charge in [-0.15, -0.1) is 0 Å². The molecule has 0 spiro atoms. The molecule has 4 heteroatoms. The van der Waals surface area contributed by atoms with Crippen LogP contribution in [0.25, 0.3) is 0 Å². The Balaban J connectivity index is 2.43. The predicted molar refractivity (Wildman–Crippen MR) is 63.7 cm³/mol. The van der Waals surface area contributed by atoms with Crippen LogP contribution in [0.15, 0.2) is 0 Å². The molecule has 1 saturated heterocycles. The second-order valence-corrected chi connectivity index (χ2v) is 7.20. The lowest BCUT2D eigenvalue weighted by molar-refractivity contribution is 0.386. The van der Waals surface area contributed by atoms with E-state index in [1.165, 1.54) is 0 Å². The summed E-state index contributed by atoms with van der Waals surface area (Å²) >= 11 is 0. The van der Waals surface area contributed by atoms with Crippen LogP contribution in [0.1, 0.15) is 40.0 Å². The molecule has 2 unspecified atom stereocenters. The zero-order valence-electron chi connectivity index (χ0n) is 9.99. The van der Waals surface area contributed by atoms with Crippen LogP contribution in [0.5, 0.6) is 0 Å². The molecule has 1 N–H and O–H groups in total. The maximum absolute atomic E-state index is 11.6. The van der Waals surface area contributed by atoms with Gasteiger partial charge in [-0.3, -0.25) is 0 Å². The molecule has 0 saturated carbocycles. The van der Waals surface area contributed by atoms with Crippen molar-refractivity contribution in [3.8, 4) is 0 Å². The Kier molecular flexibility index (Phi) is 4.59. The minimum atomic E-state index is -2.78. The van der Waals surface area contributed by atoms with E-state index >= 15 is 0 Å². The van der Waals surface area contributed by atoms with Crippen molar-refractivity contribution in [2.75, 3.05) is 12.3 Å². The highest BCUT2D eigenvalue weighted by Gasteiger charge is 2.31. The first-order valence-electron chi connectivity index (χ1n) is 5.92. The lowest BCUT2D eigenvalue weighted by Crippen LogP contribution is -2.39. The maximum Gasteiger partial charge on any atom is 0.154 e. The van der Waals surface area contributed by atoms with Crippen molar-refractivity contribution in [1.82, 2.24) is 5.32 Å². The number of hydrogen-bond donors (Lipinski definition) is 1. The van der Waals surface area contributed by atoms with Gasteiger partial charge in [0.05, 0.1) is 11.0 Å². The number of sulfone groups is 1. The van der Waals surface area contributed by atoms with Gasteiger partial charge in [0, 0.05) is 12.6 Å². The summed E-state index contributed by atoms with van der Waals surface area (Å²) in [6.45, 7) is 7.12. The third-order valence-corrected chi connectivity index (χ3v) is 5.59. The van der Waals surface area contributed by atoms with Gasteiger partial charge >= 0.3 is 0 Å². The Labute approximate surface area is 93.6 Å². The van der Waals surface area contributed by atoms with Gasteiger partial charge in [-0.25, -0.2) is 8.42 Å². The van der Waals surface area contributed by atoms with Gasteiger partial charge in [-0.05, 0) is 25.2 Å². The fourth-order valence-electron chi connectivity index (χ4n) is 2.22. The van der Waals surface area contributed by atoms with Gasteiger partial charge in [0.25, 0.3) is 0 Å². The van der Waals surface area contributed by atoms with Crippen LogP contribution in [-0.4, -0.2) is 32.0 Å². The topological polar surface area (TPSA) is 46.2 Å². The zero-order valence-corrected chi connectivity index (χ0v) is 10.8. The van der Waals surface area contributed by atoms with Crippen molar-refractivity contribution in [2.24, 2.45) is 5.92 Å². The van der Waals surface area contributed by atoms with E-state index in [9.17, 15) is 8.42 Å². The van der Waals surface area contributed by atoms with E-state index in [0.29, 0.717) is 24.3 Å². The Morgan fingerprint density at radius 3 is 2.47 bits per heavy atom. The Morgan fingerprint density at radius 2 is 2.07 bits per heavy atom. The van der Waals surface area contributed by atoms with Crippen molar-refractivity contribution in [3.05, 3.63) is 0 Å². The van der Waals surface area contributed by atoms with Crippen LogP contribution in [0.2, 0.25) is 0 Å². The van der Waals surface area contributed by atoms with E-state index in [4.69, 9.17) is 0 Å². The summed E-state index contributed by atoms with van der Waals surface area (Å²) in [5.74, 6) is 0.955. The first-order valence-corrected chi connectivity index (χ1v) is 7.64. The molecule has 0 aromatic heterocycles. The molecule has 90 valence electrons. The largest absolute Gasteiger partial charge is 0.312 e. The minimum Gasteiger partial charge on any atom is -0.312 e. The van der Waals surface area contributed by atoms with Crippen LogP contribution in [0.4, 0.5) is 0 Å². The summed E-state index contributed by atoms with van der Waals surface area (Å²) in [5.41, 5.74) is 0. The quantitative estimate of drug-likeness (QED) is 0.784. The van der Waals surface area contributed by atoms with E-state index in [1.54, 1.807) is 0 Å². The van der Waals surface area contributed by atoms with Crippen molar-refractivity contribution in [3.63, 3.8) is 0 Å². The summed E-state index contributed by atoms with van der Waals surface area (Å²) < 4.78 is 23.2. The summed E-state index contributed by atoms with van der Waals surface area (Å²) in [5, 5.41) is 3.25. The molecule has 1 heterocycles. The normalized spacial score (nSPS) is 27.1. The molecule has 0 amide bonds. The Hall–Kier alpha value is -0.0900. The van der Waals surface area contributed by atoms with Gasteiger partial charge in [-0.1, -0.05) is 20.8 Å². The van der Waals surface area contributed by atoms with Crippen LogP contribution in [0.3, 0.4) is 0 Å².